The number of rotatable bonds is 6. The number of fused-ring (bicyclic) bond motifs is 1. The molecule has 3 nitrogen and oxygen atoms in total. The van der Waals surface area contributed by atoms with Crippen LogP contribution in [-0.4, -0.2) is 0 Å². The van der Waals surface area contributed by atoms with Crippen LogP contribution < -0.4 is 16.0 Å². The first-order valence-electron chi connectivity index (χ1n) is 12.4. The predicted molar refractivity (Wildman–Crippen MR) is 158 cm³/mol. The molecule has 37 heavy (non-hydrogen) atoms. The Kier molecular flexibility index (Phi) is 6.02. The average molecular weight is 478 g/mol. The second kappa shape index (κ2) is 9.92. The zero-order valence-electron chi connectivity index (χ0n) is 20.4. The molecular formula is C34H27N3. The zero-order chi connectivity index (χ0) is 25.0. The van der Waals surface area contributed by atoms with Gasteiger partial charge < -0.3 is 16.0 Å². The SMILES string of the molecule is Nc1ccc(Nc2ccccc2)c(-c2ccc(N(c3ccccc3)c3ccc4ccccc4c3)cc2)c1. The van der Waals surface area contributed by atoms with Crippen LogP contribution in [0.4, 0.5) is 34.1 Å². The van der Waals surface area contributed by atoms with Gasteiger partial charge in [0.15, 0.2) is 0 Å². The van der Waals surface area contributed by atoms with Crippen molar-refractivity contribution in [1.29, 1.82) is 0 Å². The van der Waals surface area contributed by atoms with Crippen LogP contribution in [0.2, 0.25) is 0 Å². The normalized spacial score (nSPS) is 10.8. The van der Waals surface area contributed by atoms with Gasteiger partial charge in [0, 0.05) is 39.7 Å². The number of nitrogens with two attached hydrogens (primary N) is 1. The van der Waals surface area contributed by atoms with Gasteiger partial charge in [-0.1, -0.05) is 78.9 Å². The molecule has 0 aliphatic rings. The first kappa shape index (κ1) is 22.4. The lowest BCUT2D eigenvalue weighted by atomic mass is 10.0. The van der Waals surface area contributed by atoms with E-state index in [0.717, 1.165) is 45.3 Å². The van der Waals surface area contributed by atoms with Crippen molar-refractivity contribution in [1.82, 2.24) is 0 Å². The van der Waals surface area contributed by atoms with Gasteiger partial charge in [0.05, 0.1) is 0 Å². The molecule has 0 spiro atoms. The van der Waals surface area contributed by atoms with E-state index in [2.05, 4.69) is 113 Å². The number of benzene rings is 6. The topological polar surface area (TPSA) is 41.3 Å². The third-order valence-electron chi connectivity index (χ3n) is 6.54. The second-order valence-electron chi connectivity index (χ2n) is 9.05. The Hall–Kier alpha value is -5.02. The molecule has 3 N–H and O–H groups in total. The maximum atomic E-state index is 6.20. The average Bonchev–Trinajstić information content (AvgIpc) is 2.96. The first-order chi connectivity index (χ1) is 18.2. The van der Waals surface area contributed by atoms with Crippen molar-refractivity contribution in [3.05, 3.63) is 146 Å². The van der Waals surface area contributed by atoms with Gasteiger partial charge in [0.25, 0.3) is 0 Å². The van der Waals surface area contributed by atoms with Crippen molar-refractivity contribution in [2.75, 3.05) is 16.0 Å². The summed E-state index contributed by atoms with van der Waals surface area (Å²) in [5.41, 5.74) is 14.5. The third kappa shape index (κ3) is 4.75. The van der Waals surface area contributed by atoms with Gasteiger partial charge in [-0.05, 0) is 83.1 Å². The highest BCUT2D eigenvalue weighted by atomic mass is 15.1. The smallest absolute Gasteiger partial charge is 0.0468 e. The number of para-hydroxylation sites is 2. The number of hydrogen-bond acceptors (Lipinski definition) is 3. The van der Waals surface area contributed by atoms with Crippen LogP contribution >= 0.6 is 0 Å². The molecule has 0 heterocycles. The van der Waals surface area contributed by atoms with E-state index in [1.54, 1.807) is 0 Å². The fourth-order valence-electron chi connectivity index (χ4n) is 4.72. The first-order valence-corrected chi connectivity index (χ1v) is 12.4. The Morgan fingerprint density at radius 3 is 1.86 bits per heavy atom. The molecule has 0 amide bonds. The molecule has 6 aromatic carbocycles. The molecule has 0 atom stereocenters. The largest absolute Gasteiger partial charge is 0.399 e. The van der Waals surface area contributed by atoms with Crippen LogP contribution in [0.3, 0.4) is 0 Å². The quantitative estimate of drug-likeness (QED) is 0.235. The highest BCUT2D eigenvalue weighted by Gasteiger charge is 2.14. The number of nitrogen functional groups attached to an aromatic ring is 1. The monoisotopic (exact) mass is 477 g/mol. The lowest BCUT2D eigenvalue weighted by molar-refractivity contribution is 1.29. The minimum absolute atomic E-state index is 0.736. The summed E-state index contributed by atoms with van der Waals surface area (Å²) in [5, 5.41) is 5.99. The van der Waals surface area contributed by atoms with E-state index in [4.69, 9.17) is 5.73 Å². The van der Waals surface area contributed by atoms with Crippen molar-refractivity contribution in [2.45, 2.75) is 0 Å². The van der Waals surface area contributed by atoms with E-state index in [1.165, 1.54) is 10.8 Å². The number of nitrogens with one attached hydrogen (secondary N) is 1. The summed E-state index contributed by atoms with van der Waals surface area (Å²) < 4.78 is 0. The van der Waals surface area contributed by atoms with Crippen molar-refractivity contribution in [2.24, 2.45) is 0 Å². The molecule has 0 saturated heterocycles. The second-order valence-corrected chi connectivity index (χ2v) is 9.05. The van der Waals surface area contributed by atoms with E-state index >= 15 is 0 Å². The lowest BCUT2D eigenvalue weighted by Gasteiger charge is -2.26. The highest BCUT2D eigenvalue weighted by molar-refractivity contribution is 5.90. The van der Waals surface area contributed by atoms with Crippen molar-refractivity contribution in [3.8, 4) is 11.1 Å². The number of hydrogen-bond donors (Lipinski definition) is 2. The highest BCUT2D eigenvalue weighted by Crippen LogP contribution is 2.38. The molecular weight excluding hydrogens is 450 g/mol. The molecule has 3 heteroatoms. The summed E-state index contributed by atoms with van der Waals surface area (Å²) in [4.78, 5) is 2.29. The Labute approximate surface area is 217 Å². The van der Waals surface area contributed by atoms with E-state index in [9.17, 15) is 0 Å². The van der Waals surface area contributed by atoms with Crippen molar-refractivity contribution >= 4 is 44.9 Å². The summed E-state index contributed by atoms with van der Waals surface area (Å²) in [5.74, 6) is 0. The summed E-state index contributed by atoms with van der Waals surface area (Å²) in [7, 11) is 0. The van der Waals surface area contributed by atoms with Crippen LogP contribution in [-0.2, 0) is 0 Å². The van der Waals surface area contributed by atoms with Gasteiger partial charge >= 0.3 is 0 Å². The third-order valence-corrected chi connectivity index (χ3v) is 6.54. The fraction of sp³-hybridized carbons (Fsp3) is 0. The Morgan fingerprint density at radius 1 is 0.486 bits per heavy atom. The molecule has 0 aliphatic heterocycles. The van der Waals surface area contributed by atoms with Crippen molar-refractivity contribution < 1.29 is 0 Å². The Balaban J connectivity index is 1.40. The van der Waals surface area contributed by atoms with E-state index in [-0.39, 0.29) is 0 Å². The lowest BCUT2D eigenvalue weighted by Crippen LogP contribution is -2.09. The molecule has 0 radical (unpaired) electrons. The molecule has 0 unspecified atom stereocenters. The molecule has 6 rings (SSSR count). The summed E-state index contributed by atoms with van der Waals surface area (Å²) >= 11 is 0. The minimum Gasteiger partial charge on any atom is -0.399 e. The van der Waals surface area contributed by atoms with E-state index < -0.39 is 0 Å². The van der Waals surface area contributed by atoms with Gasteiger partial charge in [-0.15, -0.1) is 0 Å². The van der Waals surface area contributed by atoms with Gasteiger partial charge in [0.2, 0.25) is 0 Å². The standard InChI is InChI=1S/C34H27N3/c35-28-18-22-34(36-29-11-3-1-4-12-29)33(24-28)26-16-19-31(20-17-26)37(30-13-5-2-6-14-30)32-21-15-25-9-7-8-10-27(25)23-32/h1-24,36H,35H2. The van der Waals surface area contributed by atoms with E-state index in [0.29, 0.717) is 0 Å². The van der Waals surface area contributed by atoms with Crippen LogP contribution in [0, 0.1) is 0 Å². The van der Waals surface area contributed by atoms with Crippen LogP contribution in [0.15, 0.2) is 146 Å². The predicted octanol–water partition coefficient (Wildman–Crippen LogP) is 9.30. The Morgan fingerprint density at radius 2 is 1.11 bits per heavy atom. The molecule has 0 aliphatic carbocycles. The van der Waals surface area contributed by atoms with E-state index in [1.807, 2.05) is 42.5 Å². The zero-order valence-corrected chi connectivity index (χ0v) is 20.4. The summed E-state index contributed by atoms with van der Waals surface area (Å²) in [6.07, 6.45) is 0. The summed E-state index contributed by atoms with van der Waals surface area (Å²) in [6.45, 7) is 0. The molecule has 178 valence electrons. The molecule has 0 saturated carbocycles. The fourth-order valence-corrected chi connectivity index (χ4v) is 4.72. The molecule has 0 bridgehead atoms. The maximum Gasteiger partial charge on any atom is 0.0468 e. The number of anilines is 6. The van der Waals surface area contributed by atoms with Gasteiger partial charge in [0.1, 0.15) is 0 Å². The summed E-state index contributed by atoms with van der Waals surface area (Å²) in [6, 6.07) is 50.4. The maximum absolute atomic E-state index is 6.20. The van der Waals surface area contributed by atoms with Crippen LogP contribution in [0.1, 0.15) is 0 Å². The van der Waals surface area contributed by atoms with Crippen LogP contribution in [0.5, 0.6) is 0 Å². The van der Waals surface area contributed by atoms with Gasteiger partial charge in [-0.3, -0.25) is 0 Å². The Bertz CT molecular complexity index is 1640. The molecule has 6 aromatic rings. The minimum atomic E-state index is 0.736. The number of nitrogens with zero attached hydrogens (tertiary/aromatic N) is 1. The van der Waals surface area contributed by atoms with Crippen molar-refractivity contribution in [3.63, 3.8) is 0 Å². The molecule has 0 aromatic heterocycles. The van der Waals surface area contributed by atoms with Crippen LogP contribution in [0.25, 0.3) is 21.9 Å². The van der Waals surface area contributed by atoms with Gasteiger partial charge in [-0.25, -0.2) is 0 Å². The van der Waals surface area contributed by atoms with Gasteiger partial charge in [-0.2, -0.15) is 0 Å². The molecule has 0 fully saturated rings.